The smallest absolute Gasteiger partial charge is 0.264 e. The van der Waals surface area contributed by atoms with E-state index >= 15 is 0 Å². The second-order valence-electron chi connectivity index (χ2n) is 8.09. The SMILES string of the molecule is Cc1ccc(S(=O)(=O)N2C[C@@H](C(=O)NCCc3ccc(Cl)cc3)Oc3ccc(C)cc32)cc1. The fourth-order valence-corrected chi connectivity index (χ4v) is 5.25. The number of ether oxygens (including phenoxy) is 1. The van der Waals surface area contributed by atoms with Gasteiger partial charge < -0.3 is 10.1 Å². The summed E-state index contributed by atoms with van der Waals surface area (Å²) in [5, 5.41) is 3.51. The monoisotopic (exact) mass is 484 g/mol. The second kappa shape index (κ2) is 9.45. The van der Waals surface area contributed by atoms with Gasteiger partial charge in [0.05, 0.1) is 17.1 Å². The lowest BCUT2D eigenvalue weighted by molar-refractivity contribution is -0.127. The highest BCUT2D eigenvalue weighted by Gasteiger charge is 2.37. The topological polar surface area (TPSA) is 75.7 Å². The largest absolute Gasteiger partial charge is 0.476 e. The van der Waals surface area contributed by atoms with E-state index in [1.165, 1.54) is 4.31 Å². The van der Waals surface area contributed by atoms with Crippen LogP contribution in [0.15, 0.2) is 71.6 Å². The van der Waals surface area contributed by atoms with Crippen molar-refractivity contribution in [1.82, 2.24) is 5.32 Å². The van der Waals surface area contributed by atoms with Crippen molar-refractivity contribution in [1.29, 1.82) is 0 Å². The number of halogens is 1. The third kappa shape index (κ3) is 5.15. The Morgan fingerprint density at radius 1 is 1.03 bits per heavy atom. The Morgan fingerprint density at radius 3 is 2.39 bits per heavy atom. The van der Waals surface area contributed by atoms with Gasteiger partial charge in [-0.2, -0.15) is 0 Å². The van der Waals surface area contributed by atoms with Crippen molar-refractivity contribution in [3.05, 3.63) is 88.4 Å². The molecule has 172 valence electrons. The first-order chi connectivity index (χ1) is 15.7. The molecular formula is C25H25ClN2O4S. The van der Waals surface area contributed by atoms with Crippen molar-refractivity contribution < 1.29 is 17.9 Å². The Kier molecular flexibility index (Phi) is 6.63. The molecule has 1 aliphatic rings. The summed E-state index contributed by atoms with van der Waals surface area (Å²) in [6, 6.07) is 19.4. The molecule has 0 aromatic heterocycles. The molecule has 3 aromatic carbocycles. The van der Waals surface area contributed by atoms with Crippen molar-refractivity contribution in [2.45, 2.75) is 31.3 Å². The molecule has 0 saturated heterocycles. The van der Waals surface area contributed by atoms with Crippen LogP contribution in [-0.2, 0) is 21.2 Å². The van der Waals surface area contributed by atoms with Gasteiger partial charge >= 0.3 is 0 Å². The molecule has 1 N–H and O–H groups in total. The van der Waals surface area contributed by atoms with Gasteiger partial charge in [-0.1, -0.05) is 47.5 Å². The number of nitrogens with one attached hydrogen (secondary N) is 1. The lowest BCUT2D eigenvalue weighted by Gasteiger charge is -2.35. The van der Waals surface area contributed by atoms with E-state index in [9.17, 15) is 13.2 Å². The molecule has 1 amide bonds. The molecule has 8 heteroatoms. The van der Waals surface area contributed by atoms with Crippen LogP contribution in [0.1, 0.15) is 16.7 Å². The molecule has 1 heterocycles. The van der Waals surface area contributed by atoms with E-state index < -0.39 is 16.1 Å². The molecule has 1 atom stereocenters. The second-order valence-corrected chi connectivity index (χ2v) is 10.4. The van der Waals surface area contributed by atoms with Crippen LogP contribution in [0, 0.1) is 13.8 Å². The molecule has 4 rings (SSSR count). The number of carbonyl (C=O) groups excluding carboxylic acids is 1. The van der Waals surface area contributed by atoms with E-state index in [0.717, 1.165) is 16.7 Å². The summed E-state index contributed by atoms with van der Waals surface area (Å²) in [6.45, 7) is 4.06. The quantitative estimate of drug-likeness (QED) is 0.567. The van der Waals surface area contributed by atoms with Gasteiger partial charge in [-0.3, -0.25) is 9.10 Å². The lowest BCUT2D eigenvalue weighted by atomic mass is 10.1. The van der Waals surface area contributed by atoms with Gasteiger partial charge in [-0.15, -0.1) is 0 Å². The summed E-state index contributed by atoms with van der Waals surface area (Å²) < 4.78 is 34.2. The Bertz CT molecular complexity index is 1260. The van der Waals surface area contributed by atoms with E-state index in [0.29, 0.717) is 29.4 Å². The normalized spacial score (nSPS) is 15.5. The average Bonchev–Trinajstić information content (AvgIpc) is 2.80. The zero-order chi connectivity index (χ0) is 23.6. The van der Waals surface area contributed by atoms with Crippen LogP contribution in [-0.4, -0.2) is 33.5 Å². The van der Waals surface area contributed by atoms with Crippen LogP contribution in [0.2, 0.25) is 5.02 Å². The first kappa shape index (κ1) is 23.1. The minimum absolute atomic E-state index is 0.112. The van der Waals surface area contributed by atoms with Gasteiger partial charge in [0.1, 0.15) is 5.75 Å². The number of amides is 1. The minimum atomic E-state index is -3.88. The van der Waals surface area contributed by atoms with Gasteiger partial charge in [0.15, 0.2) is 6.10 Å². The van der Waals surface area contributed by atoms with Crippen molar-refractivity contribution in [3.8, 4) is 5.75 Å². The Hall–Kier alpha value is -3.03. The maximum absolute atomic E-state index is 13.5. The molecule has 0 bridgehead atoms. The van der Waals surface area contributed by atoms with Gasteiger partial charge in [-0.05, 0) is 67.8 Å². The minimum Gasteiger partial charge on any atom is -0.476 e. The predicted octanol–water partition coefficient (Wildman–Crippen LogP) is 4.27. The molecule has 0 radical (unpaired) electrons. The zero-order valence-electron chi connectivity index (χ0n) is 18.4. The highest BCUT2D eigenvalue weighted by Crippen LogP contribution is 2.37. The van der Waals surface area contributed by atoms with E-state index in [2.05, 4.69) is 5.32 Å². The average molecular weight is 485 g/mol. The number of rotatable bonds is 6. The molecular weight excluding hydrogens is 460 g/mol. The highest BCUT2D eigenvalue weighted by molar-refractivity contribution is 7.92. The standard InChI is InChI=1S/C25H25ClN2O4S/c1-17-3-10-21(11-4-17)33(30,31)28-16-24(32-23-12-5-18(2)15-22(23)28)25(29)27-14-13-19-6-8-20(26)9-7-19/h3-12,15,24H,13-14,16H2,1-2H3,(H,27,29)/t24-/m0/s1. The van der Waals surface area contributed by atoms with Crippen LogP contribution in [0.4, 0.5) is 5.69 Å². The summed E-state index contributed by atoms with van der Waals surface area (Å²) >= 11 is 5.91. The number of benzene rings is 3. The van der Waals surface area contributed by atoms with E-state index in [1.807, 2.05) is 32.0 Å². The fourth-order valence-electron chi connectivity index (χ4n) is 3.66. The Labute approximate surface area is 199 Å². The Balaban J connectivity index is 1.55. The third-order valence-corrected chi connectivity index (χ3v) is 7.56. The summed E-state index contributed by atoms with van der Waals surface area (Å²) in [7, 11) is -3.88. The number of aryl methyl sites for hydroxylation is 2. The number of hydrogen-bond acceptors (Lipinski definition) is 4. The van der Waals surface area contributed by atoms with Crippen LogP contribution >= 0.6 is 11.6 Å². The fraction of sp³-hybridized carbons (Fsp3) is 0.240. The number of fused-ring (bicyclic) bond motifs is 1. The number of hydrogen-bond donors (Lipinski definition) is 1. The maximum Gasteiger partial charge on any atom is 0.264 e. The van der Waals surface area contributed by atoms with Crippen LogP contribution in [0.25, 0.3) is 0 Å². The highest BCUT2D eigenvalue weighted by atomic mass is 35.5. The Morgan fingerprint density at radius 2 is 1.70 bits per heavy atom. The van der Waals surface area contributed by atoms with Gasteiger partial charge in [0.25, 0.3) is 15.9 Å². The maximum atomic E-state index is 13.5. The number of nitrogens with zero attached hydrogens (tertiary/aromatic N) is 1. The van der Waals surface area contributed by atoms with E-state index in [4.69, 9.17) is 16.3 Å². The van der Waals surface area contributed by atoms with Crippen LogP contribution < -0.4 is 14.4 Å². The lowest BCUT2D eigenvalue weighted by Crippen LogP contribution is -2.51. The number of anilines is 1. The molecule has 0 saturated carbocycles. The van der Waals surface area contributed by atoms with Crippen molar-refractivity contribution in [3.63, 3.8) is 0 Å². The first-order valence-corrected chi connectivity index (χ1v) is 12.4. The van der Waals surface area contributed by atoms with Gasteiger partial charge in [-0.25, -0.2) is 8.42 Å². The molecule has 0 unspecified atom stereocenters. The number of sulfonamides is 1. The predicted molar refractivity (Wildman–Crippen MR) is 129 cm³/mol. The van der Waals surface area contributed by atoms with Crippen molar-refractivity contribution in [2.24, 2.45) is 0 Å². The molecule has 1 aliphatic heterocycles. The summed E-state index contributed by atoms with van der Waals surface area (Å²) in [5.41, 5.74) is 3.33. The summed E-state index contributed by atoms with van der Waals surface area (Å²) in [5.74, 6) is -0.000294. The first-order valence-electron chi connectivity index (χ1n) is 10.6. The summed E-state index contributed by atoms with van der Waals surface area (Å²) in [4.78, 5) is 13.1. The zero-order valence-corrected chi connectivity index (χ0v) is 20.0. The molecule has 6 nitrogen and oxygen atoms in total. The van der Waals surface area contributed by atoms with Crippen molar-refractivity contribution >= 4 is 33.2 Å². The molecule has 0 spiro atoms. The van der Waals surface area contributed by atoms with Gasteiger partial charge in [0.2, 0.25) is 0 Å². The van der Waals surface area contributed by atoms with Crippen LogP contribution in [0.3, 0.4) is 0 Å². The molecule has 0 fully saturated rings. The molecule has 3 aromatic rings. The van der Waals surface area contributed by atoms with E-state index in [1.54, 1.807) is 48.5 Å². The molecule has 0 aliphatic carbocycles. The third-order valence-electron chi connectivity index (χ3n) is 5.51. The van der Waals surface area contributed by atoms with Crippen molar-refractivity contribution in [2.75, 3.05) is 17.4 Å². The summed E-state index contributed by atoms with van der Waals surface area (Å²) in [6.07, 6.45) is -0.345. The molecule has 33 heavy (non-hydrogen) atoms. The van der Waals surface area contributed by atoms with E-state index in [-0.39, 0.29) is 17.3 Å². The van der Waals surface area contributed by atoms with Crippen LogP contribution in [0.5, 0.6) is 5.75 Å². The number of carbonyl (C=O) groups is 1. The van der Waals surface area contributed by atoms with Gasteiger partial charge in [0, 0.05) is 11.6 Å².